The quantitative estimate of drug-likeness (QED) is 0.769. The van der Waals surface area contributed by atoms with E-state index in [1.807, 2.05) is 11.9 Å². The molecule has 106 valence electrons. The number of hydrogen-bond acceptors (Lipinski definition) is 3. The average Bonchev–Trinajstić information content (AvgIpc) is 2.46. The molecule has 2 rings (SSSR count). The Balaban J connectivity index is 2.07. The van der Waals surface area contributed by atoms with Gasteiger partial charge in [0.25, 0.3) is 0 Å². The molecule has 4 heteroatoms. The molecule has 1 heterocycles. The zero-order valence-electron chi connectivity index (χ0n) is 12.0. The summed E-state index contributed by atoms with van der Waals surface area (Å²) in [6.07, 6.45) is 5.66. The highest BCUT2D eigenvalue weighted by Crippen LogP contribution is 2.34. The summed E-state index contributed by atoms with van der Waals surface area (Å²) in [5.41, 5.74) is -0.840. The predicted molar refractivity (Wildman–Crippen MR) is 72.3 cm³/mol. The summed E-state index contributed by atoms with van der Waals surface area (Å²) in [4.78, 5) is 14.6. The van der Waals surface area contributed by atoms with Crippen LogP contribution in [0.3, 0.4) is 0 Å². The number of nitrogens with zero attached hydrogens (tertiary/aromatic N) is 2. The van der Waals surface area contributed by atoms with Gasteiger partial charge in [0.2, 0.25) is 5.91 Å². The molecule has 1 amide bonds. The van der Waals surface area contributed by atoms with Crippen LogP contribution in [0.2, 0.25) is 0 Å². The van der Waals surface area contributed by atoms with Crippen molar-refractivity contribution in [3.05, 3.63) is 0 Å². The van der Waals surface area contributed by atoms with Crippen LogP contribution in [-0.2, 0) is 9.53 Å². The Bertz CT molecular complexity index is 369. The van der Waals surface area contributed by atoms with Crippen LogP contribution in [-0.4, -0.2) is 37.1 Å². The van der Waals surface area contributed by atoms with Gasteiger partial charge in [0, 0.05) is 26.3 Å². The molecule has 2 unspecified atom stereocenters. The van der Waals surface area contributed by atoms with Crippen LogP contribution in [0.1, 0.15) is 45.4 Å². The van der Waals surface area contributed by atoms with Crippen LogP contribution in [0.4, 0.5) is 0 Å². The fourth-order valence-electron chi connectivity index (χ4n) is 3.35. The molecular weight excluding hydrogens is 240 g/mol. The van der Waals surface area contributed by atoms with Gasteiger partial charge in [-0.25, -0.2) is 0 Å². The molecule has 2 atom stereocenters. The highest BCUT2D eigenvalue weighted by molar-refractivity contribution is 5.85. The fourth-order valence-corrected chi connectivity index (χ4v) is 3.35. The van der Waals surface area contributed by atoms with E-state index in [-0.39, 0.29) is 5.91 Å². The first-order valence-electron chi connectivity index (χ1n) is 7.35. The molecule has 0 aromatic rings. The highest BCUT2D eigenvalue weighted by atomic mass is 16.5. The van der Waals surface area contributed by atoms with E-state index in [2.05, 4.69) is 13.0 Å². The molecule has 19 heavy (non-hydrogen) atoms. The first kappa shape index (κ1) is 14.3. The molecule has 2 fully saturated rings. The molecule has 0 aromatic heterocycles. The zero-order valence-corrected chi connectivity index (χ0v) is 12.0. The lowest BCUT2D eigenvalue weighted by Gasteiger charge is -2.39. The number of nitriles is 1. The molecule has 0 bridgehead atoms. The van der Waals surface area contributed by atoms with Gasteiger partial charge in [-0.05, 0) is 31.6 Å². The van der Waals surface area contributed by atoms with Crippen LogP contribution in [0.5, 0.6) is 0 Å². The van der Waals surface area contributed by atoms with Crippen LogP contribution in [0, 0.1) is 22.7 Å². The maximum atomic E-state index is 12.7. The summed E-state index contributed by atoms with van der Waals surface area (Å²) >= 11 is 0. The zero-order chi connectivity index (χ0) is 13.9. The van der Waals surface area contributed by atoms with Crippen molar-refractivity contribution in [3.8, 4) is 6.07 Å². The largest absolute Gasteiger partial charge is 0.381 e. The van der Waals surface area contributed by atoms with Gasteiger partial charge in [-0.15, -0.1) is 0 Å². The van der Waals surface area contributed by atoms with Gasteiger partial charge < -0.3 is 9.64 Å². The lowest BCUT2D eigenvalue weighted by molar-refractivity contribution is -0.145. The van der Waals surface area contributed by atoms with Gasteiger partial charge >= 0.3 is 0 Å². The van der Waals surface area contributed by atoms with Gasteiger partial charge in [0.1, 0.15) is 5.41 Å². The Hall–Kier alpha value is -1.08. The van der Waals surface area contributed by atoms with Gasteiger partial charge in [-0.3, -0.25) is 4.79 Å². The summed E-state index contributed by atoms with van der Waals surface area (Å²) in [7, 11) is 1.87. The average molecular weight is 264 g/mol. The molecule has 0 aromatic carbocycles. The molecule has 2 aliphatic rings. The molecule has 0 N–H and O–H groups in total. The summed E-state index contributed by atoms with van der Waals surface area (Å²) < 4.78 is 5.30. The van der Waals surface area contributed by atoms with Crippen LogP contribution in [0.15, 0.2) is 0 Å². The number of carbonyl (C=O) groups is 1. The van der Waals surface area contributed by atoms with E-state index < -0.39 is 5.41 Å². The van der Waals surface area contributed by atoms with E-state index >= 15 is 0 Å². The van der Waals surface area contributed by atoms with Crippen molar-refractivity contribution in [3.63, 3.8) is 0 Å². The van der Waals surface area contributed by atoms with Gasteiger partial charge in [0.05, 0.1) is 6.07 Å². The number of amides is 1. The summed E-state index contributed by atoms with van der Waals surface area (Å²) in [5.74, 6) is 0.694. The number of ether oxygens (including phenoxy) is 1. The minimum Gasteiger partial charge on any atom is -0.381 e. The molecular formula is C15H24N2O2. The number of rotatable bonds is 2. The monoisotopic (exact) mass is 264 g/mol. The summed E-state index contributed by atoms with van der Waals surface area (Å²) in [6, 6.07) is 2.59. The van der Waals surface area contributed by atoms with Crippen molar-refractivity contribution in [2.75, 3.05) is 20.3 Å². The van der Waals surface area contributed by atoms with E-state index in [9.17, 15) is 10.1 Å². The second-order valence-electron chi connectivity index (χ2n) is 6.15. The summed E-state index contributed by atoms with van der Waals surface area (Å²) in [5, 5.41) is 9.46. The topological polar surface area (TPSA) is 53.3 Å². The minimum absolute atomic E-state index is 0.0115. The Morgan fingerprint density at radius 3 is 2.63 bits per heavy atom. The van der Waals surface area contributed by atoms with E-state index in [0.29, 0.717) is 38.0 Å². The standard InChI is InChI=1S/C15H24N2O2/c1-12-4-3-5-13(10-12)17(2)14(18)15(11-16)6-8-19-9-7-15/h12-13H,3-10H2,1-2H3. The van der Waals surface area contributed by atoms with Crippen LogP contribution >= 0.6 is 0 Å². The lowest BCUT2D eigenvalue weighted by atomic mass is 9.79. The molecule has 0 radical (unpaired) electrons. The van der Waals surface area contributed by atoms with Crippen molar-refractivity contribution >= 4 is 5.91 Å². The van der Waals surface area contributed by atoms with E-state index in [0.717, 1.165) is 12.8 Å². The van der Waals surface area contributed by atoms with Crippen molar-refractivity contribution < 1.29 is 9.53 Å². The number of hydrogen-bond donors (Lipinski definition) is 0. The number of carbonyl (C=O) groups excluding carboxylic acids is 1. The summed E-state index contributed by atoms with van der Waals surface area (Å²) in [6.45, 7) is 3.29. The molecule has 1 aliphatic carbocycles. The van der Waals surface area contributed by atoms with Crippen molar-refractivity contribution in [1.82, 2.24) is 4.90 Å². The van der Waals surface area contributed by atoms with Crippen molar-refractivity contribution in [2.24, 2.45) is 11.3 Å². The Morgan fingerprint density at radius 2 is 2.05 bits per heavy atom. The smallest absolute Gasteiger partial charge is 0.243 e. The fraction of sp³-hybridized carbons (Fsp3) is 0.867. The highest BCUT2D eigenvalue weighted by Gasteiger charge is 2.43. The van der Waals surface area contributed by atoms with Gasteiger partial charge in [-0.2, -0.15) is 5.26 Å². The lowest BCUT2D eigenvalue weighted by Crippen LogP contribution is -2.49. The Labute approximate surface area is 115 Å². The second-order valence-corrected chi connectivity index (χ2v) is 6.15. The van der Waals surface area contributed by atoms with Crippen molar-refractivity contribution in [2.45, 2.75) is 51.5 Å². The molecule has 1 saturated heterocycles. The van der Waals surface area contributed by atoms with Crippen molar-refractivity contribution in [1.29, 1.82) is 5.26 Å². The van der Waals surface area contributed by atoms with Crippen LogP contribution in [0.25, 0.3) is 0 Å². The first-order valence-corrected chi connectivity index (χ1v) is 7.35. The second kappa shape index (κ2) is 5.92. The van der Waals surface area contributed by atoms with Crippen LogP contribution < -0.4 is 0 Å². The Kier molecular flexibility index (Phi) is 4.46. The minimum atomic E-state index is -0.840. The molecule has 1 aliphatic heterocycles. The normalized spacial score (nSPS) is 30.4. The van der Waals surface area contributed by atoms with Gasteiger partial charge in [0.15, 0.2) is 0 Å². The third-order valence-corrected chi connectivity index (χ3v) is 4.75. The van der Waals surface area contributed by atoms with E-state index in [1.54, 1.807) is 0 Å². The molecule has 1 saturated carbocycles. The van der Waals surface area contributed by atoms with E-state index in [4.69, 9.17) is 4.74 Å². The SMILES string of the molecule is CC1CCCC(N(C)C(=O)C2(C#N)CCOCC2)C1. The predicted octanol–water partition coefficient (Wildman–Crippen LogP) is 2.34. The van der Waals surface area contributed by atoms with E-state index in [1.165, 1.54) is 12.8 Å². The molecule has 0 spiro atoms. The Morgan fingerprint density at radius 1 is 1.37 bits per heavy atom. The maximum absolute atomic E-state index is 12.7. The molecule has 4 nitrogen and oxygen atoms in total. The third-order valence-electron chi connectivity index (χ3n) is 4.75. The van der Waals surface area contributed by atoms with Gasteiger partial charge in [-0.1, -0.05) is 19.8 Å². The third kappa shape index (κ3) is 2.92. The first-order chi connectivity index (χ1) is 9.09. The maximum Gasteiger partial charge on any atom is 0.243 e.